The van der Waals surface area contributed by atoms with E-state index < -0.39 is 10.0 Å². The quantitative estimate of drug-likeness (QED) is 0.725. The van der Waals surface area contributed by atoms with E-state index in [0.717, 1.165) is 39.1 Å². The normalized spacial score (nSPS) is 15.4. The van der Waals surface area contributed by atoms with Crippen LogP contribution in [0.15, 0.2) is 53.4 Å². The topological polar surface area (TPSA) is 76.4 Å². The number of nitrogens with one attached hydrogen (secondary N) is 1. The Morgan fingerprint density at radius 1 is 1.07 bits per heavy atom. The van der Waals surface area contributed by atoms with Gasteiger partial charge in [0, 0.05) is 38.4 Å². The highest BCUT2D eigenvalue weighted by molar-refractivity contribution is 7.89. The van der Waals surface area contributed by atoms with Crippen molar-refractivity contribution < 1.29 is 8.42 Å². The first-order valence-corrected chi connectivity index (χ1v) is 11.0. The summed E-state index contributed by atoms with van der Waals surface area (Å²) in [5, 5.41) is 8.80. The highest BCUT2D eigenvalue weighted by atomic mass is 32.2. The van der Waals surface area contributed by atoms with Gasteiger partial charge in [-0.2, -0.15) is 5.26 Å². The van der Waals surface area contributed by atoms with E-state index in [1.165, 1.54) is 35.5 Å². The summed E-state index contributed by atoms with van der Waals surface area (Å²) in [6.45, 7) is 7.32. The summed E-state index contributed by atoms with van der Waals surface area (Å²) in [5.41, 5.74) is 2.99. The fraction of sp³-hybridized carbons (Fsp3) is 0.381. The van der Waals surface area contributed by atoms with Crippen LogP contribution in [0.3, 0.4) is 0 Å². The predicted molar refractivity (Wildman–Crippen MR) is 111 cm³/mol. The molecule has 148 valence electrons. The lowest BCUT2D eigenvalue weighted by molar-refractivity contribution is 0.255. The molecule has 1 heterocycles. The molecule has 0 saturated carbocycles. The number of benzene rings is 2. The molecule has 1 aliphatic rings. The largest absolute Gasteiger partial charge is 0.369 e. The lowest BCUT2D eigenvalue weighted by Crippen LogP contribution is -2.47. The molecule has 0 spiro atoms. The van der Waals surface area contributed by atoms with Crippen molar-refractivity contribution in [2.24, 2.45) is 0 Å². The molecule has 0 amide bonds. The van der Waals surface area contributed by atoms with E-state index in [4.69, 9.17) is 5.26 Å². The van der Waals surface area contributed by atoms with Crippen molar-refractivity contribution in [2.45, 2.75) is 18.2 Å². The molecule has 0 atom stereocenters. The number of sulfonamides is 1. The van der Waals surface area contributed by atoms with Crippen LogP contribution < -0.4 is 9.62 Å². The predicted octanol–water partition coefficient (Wildman–Crippen LogP) is 2.36. The summed E-state index contributed by atoms with van der Waals surface area (Å²) >= 11 is 0. The van der Waals surface area contributed by atoms with Gasteiger partial charge in [-0.1, -0.05) is 12.1 Å². The molecule has 1 saturated heterocycles. The smallest absolute Gasteiger partial charge is 0.240 e. The molecule has 7 heteroatoms. The van der Waals surface area contributed by atoms with Crippen LogP contribution in [0.25, 0.3) is 0 Å². The van der Waals surface area contributed by atoms with Crippen molar-refractivity contribution in [2.75, 3.05) is 44.2 Å². The number of rotatable bonds is 7. The van der Waals surface area contributed by atoms with Gasteiger partial charge in [-0.15, -0.1) is 0 Å². The zero-order valence-corrected chi connectivity index (χ0v) is 17.0. The van der Waals surface area contributed by atoms with Crippen molar-refractivity contribution in [3.8, 4) is 6.07 Å². The van der Waals surface area contributed by atoms with Gasteiger partial charge in [0.25, 0.3) is 0 Å². The molecule has 2 aromatic rings. The van der Waals surface area contributed by atoms with E-state index in [2.05, 4.69) is 45.7 Å². The van der Waals surface area contributed by atoms with E-state index in [-0.39, 0.29) is 4.90 Å². The number of nitrogens with zero attached hydrogens (tertiary/aromatic N) is 3. The second kappa shape index (κ2) is 9.20. The van der Waals surface area contributed by atoms with Crippen LogP contribution in [0.5, 0.6) is 0 Å². The summed E-state index contributed by atoms with van der Waals surface area (Å²) < 4.78 is 27.2. The van der Waals surface area contributed by atoms with Gasteiger partial charge in [-0.25, -0.2) is 13.1 Å². The molecular weight excluding hydrogens is 372 g/mol. The lowest BCUT2D eigenvalue weighted by Gasteiger charge is -2.36. The Kier molecular flexibility index (Phi) is 6.68. The third kappa shape index (κ3) is 5.32. The Hall–Kier alpha value is -2.40. The van der Waals surface area contributed by atoms with Crippen LogP contribution in [0.4, 0.5) is 5.69 Å². The molecule has 0 aliphatic carbocycles. The second-order valence-corrected chi connectivity index (χ2v) is 8.82. The fourth-order valence-electron chi connectivity index (χ4n) is 3.36. The molecule has 2 aromatic carbocycles. The summed E-state index contributed by atoms with van der Waals surface area (Å²) in [7, 11) is -3.52. The van der Waals surface area contributed by atoms with Crippen LogP contribution in [-0.4, -0.2) is 52.6 Å². The molecule has 3 rings (SSSR count). The molecule has 0 bridgehead atoms. The average Bonchev–Trinajstić information content (AvgIpc) is 2.72. The third-order valence-corrected chi connectivity index (χ3v) is 6.45. The van der Waals surface area contributed by atoms with Crippen molar-refractivity contribution in [3.05, 3.63) is 59.7 Å². The summed E-state index contributed by atoms with van der Waals surface area (Å²) in [5.74, 6) is 0. The van der Waals surface area contributed by atoms with Crippen molar-refractivity contribution in [1.82, 2.24) is 9.62 Å². The highest BCUT2D eigenvalue weighted by Gasteiger charge is 2.18. The monoisotopic (exact) mass is 398 g/mol. The maximum atomic E-state index is 12.3. The van der Waals surface area contributed by atoms with Gasteiger partial charge >= 0.3 is 0 Å². The number of hydrogen-bond donors (Lipinski definition) is 1. The number of nitriles is 1. The van der Waals surface area contributed by atoms with Gasteiger partial charge in [0.15, 0.2) is 0 Å². The van der Waals surface area contributed by atoms with Gasteiger partial charge in [0.2, 0.25) is 10.0 Å². The van der Waals surface area contributed by atoms with E-state index >= 15 is 0 Å². The Labute approximate surface area is 167 Å². The van der Waals surface area contributed by atoms with Gasteiger partial charge in [0.1, 0.15) is 0 Å². The molecule has 1 aliphatic heterocycles. The van der Waals surface area contributed by atoms with Gasteiger partial charge < -0.3 is 4.90 Å². The Morgan fingerprint density at radius 3 is 2.43 bits per heavy atom. The fourth-order valence-corrected chi connectivity index (χ4v) is 4.43. The first-order valence-electron chi connectivity index (χ1n) is 9.52. The second-order valence-electron chi connectivity index (χ2n) is 7.06. The van der Waals surface area contributed by atoms with Crippen molar-refractivity contribution >= 4 is 15.7 Å². The molecular formula is C21H26N4O2S. The van der Waals surface area contributed by atoms with Crippen molar-refractivity contribution in [3.63, 3.8) is 0 Å². The number of aryl methyl sites for hydroxylation is 1. The third-order valence-electron chi connectivity index (χ3n) is 4.98. The zero-order chi connectivity index (χ0) is 20.0. The maximum absolute atomic E-state index is 12.3. The number of piperazine rings is 1. The average molecular weight is 399 g/mol. The summed E-state index contributed by atoms with van der Waals surface area (Å²) in [6.07, 6.45) is 0.764. The molecule has 0 aromatic heterocycles. The van der Waals surface area contributed by atoms with E-state index in [1.54, 1.807) is 0 Å². The minimum absolute atomic E-state index is 0.193. The van der Waals surface area contributed by atoms with Crippen LogP contribution in [0, 0.1) is 18.3 Å². The molecule has 0 unspecified atom stereocenters. The van der Waals surface area contributed by atoms with Crippen LogP contribution >= 0.6 is 0 Å². The molecule has 1 fully saturated rings. The van der Waals surface area contributed by atoms with Gasteiger partial charge in [-0.05, 0) is 61.9 Å². The maximum Gasteiger partial charge on any atom is 0.240 e. The Bertz CT molecular complexity index is 928. The van der Waals surface area contributed by atoms with E-state index in [9.17, 15) is 8.42 Å². The van der Waals surface area contributed by atoms with Crippen molar-refractivity contribution in [1.29, 1.82) is 5.26 Å². The molecule has 6 nitrogen and oxygen atoms in total. The first kappa shape index (κ1) is 20.3. The van der Waals surface area contributed by atoms with Crippen LogP contribution in [0.1, 0.15) is 17.5 Å². The van der Waals surface area contributed by atoms with E-state index in [1.807, 2.05) is 6.07 Å². The number of hydrogen-bond acceptors (Lipinski definition) is 5. The highest BCUT2D eigenvalue weighted by Crippen LogP contribution is 2.17. The molecule has 28 heavy (non-hydrogen) atoms. The minimum atomic E-state index is -3.52. The van der Waals surface area contributed by atoms with Gasteiger partial charge in [0.05, 0.1) is 16.5 Å². The standard InChI is InChI=1S/C21H26N4O2S/c1-18-4-2-5-20(16-18)25-14-12-24(13-15-25)11-3-10-23-28(26,27)21-8-6-19(17-22)7-9-21/h2,4-9,16,23H,3,10-15H2,1H3. The zero-order valence-electron chi connectivity index (χ0n) is 16.1. The van der Waals surface area contributed by atoms with E-state index in [0.29, 0.717) is 12.1 Å². The SMILES string of the molecule is Cc1cccc(N2CCN(CCCNS(=O)(=O)c3ccc(C#N)cc3)CC2)c1. The molecule has 0 radical (unpaired) electrons. The number of anilines is 1. The van der Waals surface area contributed by atoms with Gasteiger partial charge in [-0.3, -0.25) is 4.90 Å². The Morgan fingerprint density at radius 2 is 1.79 bits per heavy atom. The summed E-state index contributed by atoms with van der Waals surface area (Å²) in [4.78, 5) is 4.97. The van der Waals surface area contributed by atoms with Crippen LogP contribution in [0.2, 0.25) is 0 Å². The summed E-state index contributed by atoms with van der Waals surface area (Å²) in [6, 6.07) is 16.5. The van der Waals surface area contributed by atoms with Crippen LogP contribution in [-0.2, 0) is 10.0 Å². The lowest BCUT2D eigenvalue weighted by atomic mass is 10.2. The first-order chi connectivity index (χ1) is 13.5. The molecule has 1 N–H and O–H groups in total. The minimum Gasteiger partial charge on any atom is -0.369 e. The Balaban J connectivity index is 1.40.